The molecule has 1 fully saturated rings. The van der Waals surface area contributed by atoms with Crippen molar-refractivity contribution >= 4 is 0 Å². The third-order valence-electron chi connectivity index (χ3n) is 4.80. The summed E-state index contributed by atoms with van der Waals surface area (Å²) in [7, 11) is 4.69. The molecule has 2 atom stereocenters. The van der Waals surface area contributed by atoms with Gasteiger partial charge in [-0.25, -0.2) is 13.8 Å². The highest BCUT2D eigenvalue weighted by Crippen LogP contribution is 2.52. The normalized spacial score (nSPS) is 17.4. The summed E-state index contributed by atoms with van der Waals surface area (Å²) in [5, 5.41) is 12.5. The Morgan fingerprint density at radius 2 is 2.00 bits per heavy atom. The Balaban J connectivity index is 1.76. The van der Waals surface area contributed by atoms with Crippen molar-refractivity contribution in [3.63, 3.8) is 0 Å². The number of hydrogen-bond acceptors (Lipinski definition) is 7. The average molecular weight is 412 g/mol. The smallest absolute Gasteiger partial charge is 0.319 e. The van der Waals surface area contributed by atoms with Crippen LogP contribution < -0.4 is 9.47 Å². The van der Waals surface area contributed by atoms with Crippen LogP contribution >= 0.6 is 0 Å². The van der Waals surface area contributed by atoms with Crippen LogP contribution in [0, 0.1) is 17.8 Å². The molecule has 4 rings (SSSR count). The molecule has 0 saturated heterocycles. The minimum Gasteiger partial charge on any atom is -0.480 e. The van der Waals surface area contributed by atoms with Crippen molar-refractivity contribution in [2.24, 2.45) is 13.0 Å². The zero-order chi connectivity index (χ0) is 21.3. The van der Waals surface area contributed by atoms with E-state index in [1.807, 2.05) is 0 Å². The van der Waals surface area contributed by atoms with E-state index in [1.54, 1.807) is 30.2 Å². The van der Waals surface area contributed by atoms with E-state index in [1.165, 1.54) is 20.4 Å². The lowest BCUT2D eigenvalue weighted by molar-refractivity contribution is 0.120. The molecule has 3 heterocycles. The van der Waals surface area contributed by atoms with E-state index in [9.17, 15) is 8.78 Å². The second kappa shape index (κ2) is 8.02. The minimum absolute atomic E-state index is 0.141. The first-order chi connectivity index (χ1) is 14.5. The molecule has 8 nitrogen and oxygen atoms in total. The van der Waals surface area contributed by atoms with Crippen LogP contribution in [-0.2, 0) is 7.05 Å². The maximum atomic E-state index is 13.2. The highest BCUT2D eigenvalue weighted by molar-refractivity contribution is 5.65. The summed E-state index contributed by atoms with van der Waals surface area (Å²) in [6.45, 7) is 0. The van der Waals surface area contributed by atoms with Gasteiger partial charge in [0, 0.05) is 25.4 Å². The Morgan fingerprint density at radius 1 is 1.17 bits per heavy atom. The number of rotatable bonds is 5. The Hall–Kier alpha value is -3.61. The van der Waals surface area contributed by atoms with E-state index in [0.717, 1.165) is 0 Å². The molecule has 0 N–H and O–H groups in total. The summed E-state index contributed by atoms with van der Waals surface area (Å²) >= 11 is 0. The van der Waals surface area contributed by atoms with Gasteiger partial charge in [-0.1, -0.05) is 5.92 Å². The Labute approximate surface area is 171 Å². The molecule has 0 aliphatic heterocycles. The molecule has 0 aromatic carbocycles. The van der Waals surface area contributed by atoms with E-state index in [2.05, 4.69) is 37.1 Å². The van der Waals surface area contributed by atoms with Crippen LogP contribution in [0.25, 0.3) is 11.3 Å². The Morgan fingerprint density at radius 3 is 2.63 bits per heavy atom. The van der Waals surface area contributed by atoms with E-state index < -0.39 is 12.3 Å². The zero-order valence-corrected chi connectivity index (χ0v) is 16.5. The quantitative estimate of drug-likeness (QED) is 0.595. The van der Waals surface area contributed by atoms with Crippen LogP contribution in [0.15, 0.2) is 24.7 Å². The van der Waals surface area contributed by atoms with Crippen molar-refractivity contribution < 1.29 is 18.3 Å². The monoisotopic (exact) mass is 412 g/mol. The second-order valence-corrected chi connectivity index (χ2v) is 6.81. The topological polar surface area (TPSA) is 87.8 Å². The molecule has 0 spiro atoms. The van der Waals surface area contributed by atoms with Crippen LogP contribution in [0.3, 0.4) is 0 Å². The van der Waals surface area contributed by atoms with Gasteiger partial charge in [0.25, 0.3) is 0 Å². The SMILES string of the molecule is COc1ncc(-c2cc([C@H]3C[C@@H]3C(F)F)c(C#Cc3cnn(C)c3)nn2)c(OC)n1. The van der Waals surface area contributed by atoms with Gasteiger partial charge in [0.15, 0.2) is 0 Å². The van der Waals surface area contributed by atoms with Crippen LogP contribution in [0.4, 0.5) is 8.78 Å². The molecular weight excluding hydrogens is 394 g/mol. The number of alkyl halides is 2. The molecule has 30 heavy (non-hydrogen) atoms. The number of hydrogen-bond donors (Lipinski definition) is 0. The van der Waals surface area contributed by atoms with Crippen LogP contribution in [-0.4, -0.2) is 50.6 Å². The number of halogens is 2. The predicted octanol–water partition coefficient (Wildman–Crippen LogP) is 2.45. The van der Waals surface area contributed by atoms with Crippen molar-refractivity contribution in [3.8, 4) is 35.0 Å². The molecule has 1 aliphatic rings. The third-order valence-corrected chi connectivity index (χ3v) is 4.80. The van der Waals surface area contributed by atoms with Gasteiger partial charge >= 0.3 is 6.01 Å². The summed E-state index contributed by atoms with van der Waals surface area (Å²) in [4.78, 5) is 8.22. The number of ether oxygens (including phenoxy) is 2. The first kappa shape index (κ1) is 19.7. The molecule has 0 radical (unpaired) electrons. The highest BCUT2D eigenvalue weighted by Gasteiger charge is 2.46. The number of aryl methyl sites for hydroxylation is 1. The Bertz CT molecular complexity index is 1140. The van der Waals surface area contributed by atoms with E-state index in [4.69, 9.17) is 9.47 Å². The van der Waals surface area contributed by atoms with Gasteiger partial charge in [-0.3, -0.25) is 4.68 Å². The first-order valence-corrected chi connectivity index (χ1v) is 9.12. The van der Waals surface area contributed by atoms with Crippen molar-refractivity contribution in [2.75, 3.05) is 14.2 Å². The van der Waals surface area contributed by atoms with E-state index in [-0.39, 0.29) is 17.8 Å². The summed E-state index contributed by atoms with van der Waals surface area (Å²) < 4.78 is 38.4. The molecule has 1 aliphatic carbocycles. The molecule has 3 aromatic rings. The molecule has 10 heteroatoms. The van der Waals surface area contributed by atoms with Gasteiger partial charge in [-0.15, -0.1) is 10.2 Å². The summed E-state index contributed by atoms with van der Waals surface area (Å²) in [6.07, 6.45) is 2.85. The predicted molar refractivity (Wildman–Crippen MR) is 102 cm³/mol. The van der Waals surface area contributed by atoms with Crippen molar-refractivity contribution in [1.29, 1.82) is 0 Å². The zero-order valence-electron chi connectivity index (χ0n) is 16.5. The van der Waals surface area contributed by atoms with Crippen molar-refractivity contribution in [3.05, 3.63) is 41.5 Å². The lowest BCUT2D eigenvalue weighted by atomic mass is 10.0. The third kappa shape index (κ3) is 3.91. The van der Waals surface area contributed by atoms with Gasteiger partial charge in [-0.05, 0) is 29.9 Å². The van der Waals surface area contributed by atoms with Crippen LogP contribution in [0.5, 0.6) is 11.9 Å². The standard InChI is InChI=1S/C20H18F2N6O2/c1-28-10-11(8-24-28)4-5-16-13(12-6-14(12)18(21)22)7-17(27-26-16)15-9-23-20(30-3)25-19(15)29-2/h7-10,12,14,18H,6H2,1-3H3/t12-,14+/m1/s1. The second-order valence-electron chi connectivity index (χ2n) is 6.81. The van der Waals surface area contributed by atoms with E-state index >= 15 is 0 Å². The summed E-state index contributed by atoms with van der Waals surface area (Å²) in [6, 6.07) is 1.85. The fraction of sp³-hybridized carbons (Fsp3) is 0.350. The van der Waals surface area contributed by atoms with Gasteiger partial charge in [0.1, 0.15) is 11.4 Å². The molecule has 1 saturated carbocycles. The van der Waals surface area contributed by atoms with Crippen molar-refractivity contribution in [2.45, 2.75) is 18.8 Å². The van der Waals surface area contributed by atoms with Gasteiger partial charge in [0.2, 0.25) is 12.3 Å². The maximum absolute atomic E-state index is 13.2. The highest BCUT2D eigenvalue weighted by atomic mass is 19.3. The summed E-state index contributed by atoms with van der Waals surface area (Å²) in [5.74, 6) is 5.11. The molecule has 0 bridgehead atoms. The molecule has 3 aromatic heterocycles. The molecule has 0 unspecified atom stereocenters. The first-order valence-electron chi connectivity index (χ1n) is 9.12. The van der Waals surface area contributed by atoms with Gasteiger partial charge < -0.3 is 9.47 Å². The Kier molecular flexibility index (Phi) is 5.27. The van der Waals surface area contributed by atoms with Crippen molar-refractivity contribution in [1.82, 2.24) is 29.9 Å². The fourth-order valence-corrected chi connectivity index (χ4v) is 3.17. The number of methoxy groups -OCH3 is 2. The minimum atomic E-state index is -2.40. The summed E-state index contributed by atoms with van der Waals surface area (Å²) in [5.41, 5.74) is 2.58. The lowest BCUT2D eigenvalue weighted by Gasteiger charge is -2.10. The number of nitrogens with zero attached hydrogens (tertiary/aromatic N) is 6. The molecule has 154 valence electrons. The van der Waals surface area contributed by atoms with E-state index in [0.29, 0.717) is 34.5 Å². The lowest BCUT2D eigenvalue weighted by Crippen LogP contribution is -2.03. The maximum Gasteiger partial charge on any atom is 0.319 e. The fourth-order valence-electron chi connectivity index (χ4n) is 3.17. The van der Waals surface area contributed by atoms with Gasteiger partial charge in [-0.2, -0.15) is 10.1 Å². The molecule has 0 amide bonds. The van der Waals surface area contributed by atoms with Crippen LogP contribution in [0.1, 0.15) is 29.2 Å². The molecular formula is C20H18F2N6O2. The number of aromatic nitrogens is 6. The average Bonchev–Trinajstić information content (AvgIpc) is 3.46. The van der Waals surface area contributed by atoms with Gasteiger partial charge in [0.05, 0.1) is 31.5 Å². The largest absolute Gasteiger partial charge is 0.480 e. The van der Waals surface area contributed by atoms with Crippen LogP contribution in [0.2, 0.25) is 0 Å².